The lowest BCUT2D eigenvalue weighted by Gasteiger charge is -2.44. The SMILES string of the molecule is C[C@@H]1C(=O)N(C(=O)NCc2ccncc2)[C@@H]1Cc1ccccc1. The number of amides is 3. The molecule has 5 nitrogen and oxygen atoms in total. The molecule has 0 aliphatic carbocycles. The van der Waals surface area contributed by atoms with Crippen LogP contribution in [0.15, 0.2) is 54.9 Å². The fourth-order valence-corrected chi connectivity index (χ4v) is 2.83. The minimum absolute atomic E-state index is 0.0812. The molecule has 0 unspecified atom stereocenters. The van der Waals surface area contributed by atoms with Crippen molar-refractivity contribution in [2.45, 2.75) is 25.9 Å². The Hall–Kier alpha value is -2.69. The number of benzene rings is 1. The van der Waals surface area contributed by atoms with Gasteiger partial charge in [0.05, 0.1) is 12.0 Å². The normalized spacial score (nSPS) is 20.0. The maximum absolute atomic E-state index is 12.3. The van der Waals surface area contributed by atoms with Gasteiger partial charge in [-0.25, -0.2) is 4.79 Å². The Labute approximate surface area is 135 Å². The van der Waals surface area contributed by atoms with Crippen LogP contribution in [-0.4, -0.2) is 27.9 Å². The van der Waals surface area contributed by atoms with E-state index in [4.69, 9.17) is 0 Å². The molecule has 3 rings (SSSR count). The molecule has 0 saturated carbocycles. The monoisotopic (exact) mass is 309 g/mol. The van der Waals surface area contributed by atoms with Gasteiger partial charge in [-0.05, 0) is 29.7 Å². The third-order valence-electron chi connectivity index (χ3n) is 4.24. The molecule has 2 atom stereocenters. The van der Waals surface area contributed by atoms with Gasteiger partial charge in [0.25, 0.3) is 0 Å². The highest BCUT2D eigenvalue weighted by Crippen LogP contribution is 2.29. The summed E-state index contributed by atoms with van der Waals surface area (Å²) in [6.45, 7) is 2.26. The number of aromatic nitrogens is 1. The summed E-state index contributed by atoms with van der Waals surface area (Å²) in [6, 6.07) is 13.2. The molecule has 1 N–H and O–H groups in total. The first kappa shape index (κ1) is 15.2. The minimum atomic E-state index is -0.328. The van der Waals surface area contributed by atoms with Crippen LogP contribution in [0.5, 0.6) is 0 Å². The molecule has 3 amide bonds. The number of hydrogen-bond donors (Lipinski definition) is 1. The summed E-state index contributed by atoms with van der Waals surface area (Å²) >= 11 is 0. The van der Waals surface area contributed by atoms with Gasteiger partial charge in [-0.3, -0.25) is 14.7 Å². The number of hydrogen-bond acceptors (Lipinski definition) is 3. The standard InChI is InChI=1S/C18H19N3O2/c1-13-16(11-14-5-3-2-4-6-14)21(17(13)22)18(23)20-12-15-7-9-19-10-8-15/h2-10,13,16H,11-12H2,1H3,(H,20,23)/t13-,16+/m0/s1. The fourth-order valence-electron chi connectivity index (χ4n) is 2.83. The number of urea groups is 1. The smallest absolute Gasteiger partial charge is 0.324 e. The first-order chi connectivity index (χ1) is 11.2. The number of nitrogens with zero attached hydrogens (tertiary/aromatic N) is 2. The van der Waals surface area contributed by atoms with Crippen LogP contribution in [0.25, 0.3) is 0 Å². The third-order valence-corrected chi connectivity index (χ3v) is 4.24. The molecule has 1 aromatic heterocycles. The van der Waals surface area contributed by atoms with Crippen molar-refractivity contribution in [3.8, 4) is 0 Å². The summed E-state index contributed by atoms with van der Waals surface area (Å²) in [5.74, 6) is -0.236. The van der Waals surface area contributed by atoms with E-state index in [0.717, 1.165) is 11.1 Å². The van der Waals surface area contributed by atoms with Crippen molar-refractivity contribution in [2.75, 3.05) is 0 Å². The zero-order valence-corrected chi connectivity index (χ0v) is 13.0. The number of β-lactam (4-membered cyclic amide) rings is 1. The molecule has 1 aromatic carbocycles. The van der Waals surface area contributed by atoms with E-state index in [9.17, 15) is 9.59 Å². The van der Waals surface area contributed by atoms with E-state index < -0.39 is 0 Å². The summed E-state index contributed by atoms with van der Waals surface area (Å²) in [5.41, 5.74) is 2.08. The maximum atomic E-state index is 12.3. The molecule has 0 spiro atoms. The maximum Gasteiger partial charge on any atom is 0.324 e. The van der Waals surface area contributed by atoms with Crippen LogP contribution in [-0.2, 0) is 17.8 Å². The summed E-state index contributed by atoms with van der Waals surface area (Å²) in [7, 11) is 0. The Kier molecular flexibility index (Phi) is 4.37. The highest BCUT2D eigenvalue weighted by atomic mass is 16.2. The summed E-state index contributed by atoms with van der Waals surface area (Å²) in [5, 5.41) is 2.81. The number of pyridine rings is 1. The van der Waals surface area contributed by atoms with Gasteiger partial charge >= 0.3 is 6.03 Å². The summed E-state index contributed by atoms with van der Waals surface area (Å²) < 4.78 is 0. The number of rotatable bonds is 4. The van der Waals surface area contributed by atoms with Crippen LogP contribution < -0.4 is 5.32 Å². The van der Waals surface area contributed by atoms with Crippen LogP contribution in [0, 0.1) is 5.92 Å². The zero-order chi connectivity index (χ0) is 16.2. The quantitative estimate of drug-likeness (QED) is 0.882. The van der Waals surface area contributed by atoms with Gasteiger partial charge in [-0.1, -0.05) is 37.3 Å². The molecule has 1 fully saturated rings. The van der Waals surface area contributed by atoms with E-state index in [1.165, 1.54) is 4.90 Å². The van der Waals surface area contributed by atoms with Crippen molar-refractivity contribution in [1.29, 1.82) is 0 Å². The van der Waals surface area contributed by atoms with E-state index >= 15 is 0 Å². The Morgan fingerprint density at radius 2 is 1.83 bits per heavy atom. The molecule has 118 valence electrons. The molecule has 1 saturated heterocycles. The fraction of sp³-hybridized carbons (Fsp3) is 0.278. The van der Waals surface area contributed by atoms with Crippen molar-refractivity contribution < 1.29 is 9.59 Å². The van der Waals surface area contributed by atoms with Gasteiger partial charge in [0.1, 0.15) is 0 Å². The second-order valence-corrected chi connectivity index (χ2v) is 5.77. The van der Waals surface area contributed by atoms with Gasteiger partial charge in [-0.15, -0.1) is 0 Å². The van der Waals surface area contributed by atoms with Crippen molar-refractivity contribution in [1.82, 2.24) is 15.2 Å². The Bertz CT molecular complexity index is 688. The van der Waals surface area contributed by atoms with Crippen LogP contribution >= 0.6 is 0 Å². The molecule has 1 aliphatic heterocycles. The molecular formula is C18H19N3O2. The largest absolute Gasteiger partial charge is 0.334 e. The number of imide groups is 1. The molecule has 23 heavy (non-hydrogen) atoms. The first-order valence-corrected chi connectivity index (χ1v) is 7.70. The van der Waals surface area contributed by atoms with Gasteiger partial charge < -0.3 is 5.32 Å². The van der Waals surface area contributed by atoms with E-state index in [0.29, 0.717) is 13.0 Å². The van der Waals surface area contributed by atoms with E-state index in [2.05, 4.69) is 10.3 Å². The molecule has 0 radical (unpaired) electrons. The predicted molar refractivity (Wildman–Crippen MR) is 86.4 cm³/mol. The second-order valence-electron chi connectivity index (χ2n) is 5.77. The van der Waals surface area contributed by atoms with Gasteiger partial charge in [0, 0.05) is 18.9 Å². The average molecular weight is 309 g/mol. The Balaban J connectivity index is 1.62. The van der Waals surface area contributed by atoms with E-state index in [-0.39, 0.29) is 23.9 Å². The number of likely N-dealkylation sites (tertiary alicyclic amines) is 1. The molecule has 0 bridgehead atoms. The van der Waals surface area contributed by atoms with Crippen molar-refractivity contribution in [3.63, 3.8) is 0 Å². The van der Waals surface area contributed by atoms with Crippen molar-refractivity contribution in [3.05, 3.63) is 66.0 Å². The molecule has 2 heterocycles. The molecular weight excluding hydrogens is 290 g/mol. The van der Waals surface area contributed by atoms with Gasteiger partial charge in [0.15, 0.2) is 0 Å². The molecule has 1 aliphatic rings. The van der Waals surface area contributed by atoms with Gasteiger partial charge in [-0.2, -0.15) is 0 Å². The third kappa shape index (κ3) is 3.23. The Morgan fingerprint density at radius 3 is 2.52 bits per heavy atom. The highest BCUT2D eigenvalue weighted by Gasteiger charge is 2.47. The second kappa shape index (κ2) is 6.60. The van der Waals surface area contributed by atoms with Crippen LogP contribution in [0.1, 0.15) is 18.1 Å². The van der Waals surface area contributed by atoms with E-state index in [1.54, 1.807) is 12.4 Å². The van der Waals surface area contributed by atoms with Crippen molar-refractivity contribution >= 4 is 11.9 Å². The predicted octanol–water partition coefficient (Wildman–Crippen LogP) is 2.38. The average Bonchev–Trinajstić information content (AvgIpc) is 2.61. The summed E-state index contributed by atoms with van der Waals surface area (Å²) in [6.07, 6.45) is 4.05. The van der Waals surface area contributed by atoms with E-state index in [1.807, 2.05) is 49.4 Å². The van der Waals surface area contributed by atoms with Crippen LogP contribution in [0.2, 0.25) is 0 Å². The minimum Gasteiger partial charge on any atom is -0.334 e. The number of carbonyl (C=O) groups excluding carboxylic acids is 2. The molecule has 2 aromatic rings. The number of carbonyl (C=O) groups is 2. The van der Waals surface area contributed by atoms with Crippen LogP contribution in [0.3, 0.4) is 0 Å². The Morgan fingerprint density at radius 1 is 1.13 bits per heavy atom. The highest BCUT2D eigenvalue weighted by molar-refractivity contribution is 6.01. The topological polar surface area (TPSA) is 62.3 Å². The zero-order valence-electron chi connectivity index (χ0n) is 13.0. The van der Waals surface area contributed by atoms with Crippen molar-refractivity contribution in [2.24, 2.45) is 5.92 Å². The molecule has 5 heteroatoms. The lowest BCUT2D eigenvalue weighted by molar-refractivity contribution is -0.148. The van der Waals surface area contributed by atoms with Crippen LogP contribution in [0.4, 0.5) is 4.79 Å². The number of nitrogens with one attached hydrogen (secondary N) is 1. The summed E-state index contributed by atoms with van der Waals surface area (Å²) in [4.78, 5) is 29.7. The first-order valence-electron chi connectivity index (χ1n) is 7.70. The lowest BCUT2D eigenvalue weighted by Crippen LogP contribution is -2.65. The van der Waals surface area contributed by atoms with Gasteiger partial charge in [0.2, 0.25) is 5.91 Å². The lowest BCUT2D eigenvalue weighted by atomic mass is 9.85.